The average molecular weight is 128 g/mol. The van der Waals surface area contributed by atoms with Gasteiger partial charge in [-0.15, -0.1) is 0 Å². The van der Waals surface area contributed by atoms with E-state index in [2.05, 4.69) is 34.6 Å². The summed E-state index contributed by atoms with van der Waals surface area (Å²) in [6.07, 6.45) is 1.32. The highest BCUT2D eigenvalue weighted by molar-refractivity contribution is 4.62. The molecular formula is C9H20. The summed E-state index contributed by atoms with van der Waals surface area (Å²) in [4.78, 5) is 0. The minimum atomic E-state index is 0.847. The molecule has 0 heteroatoms. The first kappa shape index (κ1) is 9.00. The van der Waals surface area contributed by atoms with Crippen molar-refractivity contribution in [3.05, 3.63) is 0 Å². The maximum absolute atomic E-state index is 2.35. The van der Waals surface area contributed by atoms with E-state index in [1.807, 2.05) is 0 Å². The molecule has 0 nitrogen and oxygen atoms in total. The third kappa shape index (κ3) is 2.88. The Kier molecular flexibility index (Phi) is 3.92. The van der Waals surface area contributed by atoms with Crippen LogP contribution in [0, 0.1) is 17.8 Å². The molecule has 0 aliphatic heterocycles. The highest BCUT2D eigenvalue weighted by atomic mass is 14.2. The lowest BCUT2D eigenvalue weighted by Gasteiger charge is -2.21. The van der Waals surface area contributed by atoms with Crippen LogP contribution in [0.4, 0.5) is 0 Å². The largest absolute Gasteiger partial charge is 0.0651 e. The Balaban J connectivity index is 3.58. The molecule has 0 aromatic rings. The van der Waals surface area contributed by atoms with Crippen LogP contribution in [0.25, 0.3) is 0 Å². The van der Waals surface area contributed by atoms with Gasteiger partial charge in [-0.25, -0.2) is 0 Å². The SMILES string of the molecule is CC[C@H](C)[C@@H](C)C(C)C. The maximum atomic E-state index is 2.35. The van der Waals surface area contributed by atoms with Gasteiger partial charge in [-0.05, 0) is 17.8 Å². The maximum Gasteiger partial charge on any atom is -0.0394 e. The van der Waals surface area contributed by atoms with Crippen molar-refractivity contribution < 1.29 is 0 Å². The van der Waals surface area contributed by atoms with Crippen molar-refractivity contribution in [1.82, 2.24) is 0 Å². The highest BCUT2D eigenvalue weighted by Crippen LogP contribution is 2.21. The lowest BCUT2D eigenvalue weighted by molar-refractivity contribution is 0.289. The first-order valence-electron chi connectivity index (χ1n) is 4.09. The van der Waals surface area contributed by atoms with E-state index in [0.717, 1.165) is 17.8 Å². The number of hydrogen-bond acceptors (Lipinski definition) is 0. The van der Waals surface area contributed by atoms with Crippen LogP contribution < -0.4 is 0 Å². The fourth-order valence-electron chi connectivity index (χ4n) is 1.03. The normalized spacial score (nSPS) is 18.0. The van der Waals surface area contributed by atoms with Crippen molar-refractivity contribution in [2.45, 2.75) is 41.0 Å². The Hall–Kier alpha value is 0. The predicted molar refractivity (Wildman–Crippen MR) is 43.5 cm³/mol. The summed E-state index contributed by atoms with van der Waals surface area (Å²) in [5, 5.41) is 0. The van der Waals surface area contributed by atoms with E-state index in [1.165, 1.54) is 6.42 Å². The van der Waals surface area contributed by atoms with E-state index in [1.54, 1.807) is 0 Å². The molecule has 0 aliphatic carbocycles. The fourth-order valence-corrected chi connectivity index (χ4v) is 1.03. The van der Waals surface area contributed by atoms with E-state index in [0.29, 0.717) is 0 Å². The van der Waals surface area contributed by atoms with Crippen molar-refractivity contribution in [3.8, 4) is 0 Å². The van der Waals surface area contributed by atoms with E-state index in [-0.39, 0.29) is 0 Å². The van der Waals surface area contributed by atoms with Crippen molar-refractivity contribution in [1.29, 1.82) is 0 Å². The zero-order valence-corrected chi connectivity index (χ0v) is 7.44. The Morgan fingerprint density at radius 1 is 1.00 bits per heavy atom. The Morgan fingerprint density at radius 3 is 1.56 bits per heavy atom. The molecule has 2 atom stereocenters. The van der Waals surface area contributed by atoms with Gasteiger partial charge in [0.1, 0.15) is 0 Å². The monoisotopic (exact) mass is 128 g/mol. The van der Waals surface area contributed by atoms with Crippen molar-refractivity contribution in [3.63, 3.8) is 0 Å². The van der Waals surface area contributed by atoms with Crippen LogP contribution in [-0.4, -0.2) is 0 Å². The molecule has 0 radical (unpaired) electrons. The van der Waals surface area contributed by atoms with Crippen molar-refractivity contribution in [2.75, 3.05) is 0 Å². The van der Waals surface area contributed by atoms with Gasteiger partial charge in [0.05, 0.1) is 0 Å². The van der Waals surface area contributed by atoms with Gasteiger partial charge in [-0.2, -0.15) is 0 Å². The molecule has 0 spiro atoms. The summed E-state index contributed by atoms with van der Waals surface area (Å²) < 4.78 is 0. The lowest BCUT2D eigenvalue weighted by atomic mass is 9.85. The molecule has 0 rings (SSSR count). The van der Waals surface area contributed by atoms with Crippen LogP contribution in [0.2, 0.25) is 0 Å². The van der Waals surface area contributed by atoms with Gasteiger partial charge in [0.25, 0.3) is 0 Å². The molecule has 0 amide bonds. The van der Waals surface area contributed by atoms with Gasteiger partial charge in [0, 0.05) is 0 Å². The summed E-state index contributed by atoms with van der Waals surface area (Å²) in [5.74, 6) is 2.62. The first-order chi connectivity index (χ1) is 4.09. The molecule has 0 N–H and O–H groups in total. The van der Waals surface area contributed by atoms with Gasteiger partial charge >= 0.3 is 0 Å². The van der Waals surface area contributed by atoms with Gasteiger partial charge in [0.2, 0.25) is 0 Å². The van der Waals surface area contributed by atoms with E-state index in [4.69, 9.17) is 0 Å². The quantitative estimate of drug-likeness (QED) is 0.547. The van der Waals surface area contributed by atoms with Crippen LogP contribution in [0.15, 0.2) is 0 Å². The molecule has 0 aliphatic rings. The summed E-state index contributed by atoms with van der Waals surface area (Å²) in [6, 6.07) is 0. The molecular weight excluding hydrogens is 108 g/mol. The second kappa shape index (κ2) is 3.92. The van der Waals surface area contributed by atoms with Crippen LogP contribution in [-0.2, 0) is 0 Å². The third-order valence-corrected chi connectivity index (χ3v) is 2.59. The second-order valence-corrected chi connectivity index (χ2v) is 3.49. The molecule has 9 heavy (non-hydrogen) atoms. The molecule has 0 aromatic heterocycles. The van der Waals surface area contributed by atoms with Crippen LogP contribution in [0.3, 0.4) is 0 Å². The molecule has 0 aromatic carbocycles. The molecule has 0 saturated carbocycles. The summed E-state index contributed by atoms with van der Waals surface area (Å²) in [6.45, 7) is 11.6. The molecule has 0 heterocycles. The Morgan fingerprint density at radius 2 is 1.44 bits per heavy atom. The van der Waals surface area contributed by atoms with E-state index >= 15 is 0 Å². The molecule has 0 bridgehead atoms. The summed E-state index contributed by atoms with van der Waals surface area (Å²) in [7, 11) is 0. The van der Waals surface area contributed by atoms with Crippen molar-refractivity contribution >= 4 is 0 Å². The van der Waals surface area contributed by atoms with Crippen molar-refractivity contribution in [2.24, 2.45) is 17.8 Å². The Bertz CT molecular complexity index is 64.4. The fraction of sp³-hybridized carbons (Fsp3) is 1.00. The third-order valence-electron chi connectivity index (χ3n) is 2.59. The minimum absolute atomic E-state index is 0.847. The molecule has 56 valence electrons. The van der Waals surface area contributed by atoms with E-state index < -0.39 is 0 Å². The van der Waals surface area contributed by atoms with Gasteiger partial charge in [0.15, 0.2) is 0 Å². The molecule has 0 saturated heterocycles. The standard InChI is InChI=1S/C9H20/c1-6-8(4)9(5)7(2)3/h7-9H,6H2,1-5H3/t8-,9-/m0/s1. The molecule has 0 fully saturated rings. The number of hydrogen-bond donors (Lipinski definition) is 0. The lowest BCUT2D eigenvalue weighted by Crippen LogP contribution is -2.12. The Labute approximate surface area is 59.7 Å². The number of rotatable bonds is 3. The van der Waals surface area contributed by atoms with Crippen LogP contribution in [0.5, 0.6) is 0 Å². The van der Waals surface area contributed by atoms with Gasteiger partial charge in [-0.1, -0.05) is 41.0 Å². The average Bonchev–Trinajstić information content (AvgIpc) is 1.84. The predicted octanol–water partition coefficient (Wildman–Crippen LogP) is 3.32. The van der Waals surface area contributed by atoms with Gasteiger partial charge in [-0.3, -0.25) is 0 Å². The minimum Gasteiger partial charge on any atom is -0.0651 e. The highest BCUT2D eigenvalue weighted by Gasteiger charge is 2.12. The summed E-state index contributed by atoms with van der Waals surface area (Å²) in [5.41, 5.74) is 0. The second-order valence-electron chi connectivity index (χ2n) is 3.49. The topological polar surface area (TPSA) is 0 Å². The summed E-state index contributed by atoms with van der Waals surface area (Å²) >= 11 is 0. The van der Waals surface area contributed by atoms with E-state index in [9.17, 15) is 0 Å². The molecule has 0 unspecified atom stereocenters. The van der Waals surface area contributed by atoms with Crippen LogP contribution in [0.1, 0.15) is 41.0 Å². The zero-order valence-electron chi connectivity index (χ0n) is 7.44. The van der Waals surface area contributed by atoms with Gasteiger partial charge < -0.3 is 0 Å². The first-order valence-corrected chi connectivity index (χ1v) is 4.09. The zero-order chi connectivity index (χ0) is 7.44. The smallest absolute Gasteiger partial charge is 0.0394 e. The van der Waals surface area contributed by atoms with Crippen LogP contribution >= 0.6 is 0 Å².